The number of rotatable bonds is 8. The zero-order valence-electron chi connectivity index (χ0n) is 15.2. The largest absolute Gasteiger partial charge is 0.499 e. The molecule has 1 aromatic heterocycles. The Hall–Kier alpha value is -2.12. The topological polar surface area (TPSA) is 73.7 Å². The van der Waals surface area contributed by atoms with E-state index in [4.69, 9.17) is 42.5 Å². The highest BCUT2D eigenvalue weighted by atomic mass is 35.5. The Balaban J connectivity index is 0.000000293. The summed E-state index contributed by atoms with van der Waals surface area (Å²) in [5.41, 5.74) is 1.27. The molecule has 0 unspecified atom stereocenters. The van der Waals surface area contributed by atoms with Gasteiger partial charge in [-0.1, -0.05) is 36.4 Å². The quantitative estimate of drug-likeness (QED) is 0.652. The number of aliphatic hydroxyl groups excluding tert-OH is 1. The van der Waals surface area contributed by atoms with Gasteiger partial charge in [0.25, 0.3) is 0 Å². The maximum Gasteiger partial charge on any atom is 0.160 e. The monoisotopic (exact) mass is 412 g/mol. The number of hydrogen-bond donors (Lipinski definition) is 1. The van der Waals surface area contributed by atoms with Gasteiger partial charge >= 0.3 is 0 Å². The molecule has 1 heterocycles. The fourth-order valence-electron chi connectivity index (χ4n) is 1.72. The molecule has 0 atom stereocenters. The molecule has 27 heavy (non-hydrogen) atoms. The molecule has 8 heteroatoms. The lowest BCUT2D eigenvalue weighted by atomic mass is 10.1. The van der Waals surface area contributed by atoms with Crippen molar-refractivity contribution in [2.45, 2.75) is 6.61 Å². The van der Waals surface area contributed by atoms with Gasteiger partial charge in [-0.3, -0.25) is 0 Å². The molecule has 0 fully saturated rings. The van der Waals surface area contributed by atoms with Crippen molar-refractivity contribution in [3.63, 3.8) is 0 Å². The van der Waals surface area contributed by atoms with Gasteiger partial charge in [-0.2, -0.15) is 0 Å². The normalized spacial score (nSPS) is 9.81. The molecule has 1 N–H and O–H groups in total. The maximum absolute atomic E-state index is 9.11. The summed E-state index contributed by atoms with van der Waals surface area (Å²) in [6, 6.07) is 5.00. The van der Waals surface area contributed by atoms with Gasteiger partial charge in [0, 0.05) is 23.0 Å². The van der Waals surface area contributed by atoms with Crippen molar-refractivity contribution in [1.82, 2.24) is 9.97 Å². The first-order valence-corrected chi connectivity index (χ1v) is 8.55. The Morgan fingerprint density at radius 2 is 1.56 bits per heavy atom. The van der Waals surface area contributed by atoms with Gasteiger partial charge in [-0.15, -0.1) is 0 Å². The van der Waals surface area contributed by atoms with Crippen LogP contribution in [0.25, 0.3) is 11.4 Å². The zero-order chi connectivity index (χ0) is 20.2. The van der Waals surface area contributed by atoms with E-state index in [0.29, 0.717) is 51.7 Å². The third-order valence-electron chi connectivity index (χ3n) is 3.22. The van der Waals surface area contributed by atoms with E-state index in [1.165, 1.54) is 0 Å². The summed E-state index contributed by atoms with van der Waals surface area (Å²) >= 11 is 12.0. The van der Waals surface area contributed by atoms with Gasteiger partial charge in [0.2, 0.25) is 0 Å². The smallest absolute Gasteiger partial charge is 0.160 e. The summed E-state index contributed by atoms with van der Waals surface area (Å²) in [6.07, 6.45) is 3.26. The molecule has 1 aromatic carbocycles. The SMILES string of the molecule is C=C(COCC(=C)OC)OC.OCc1cc(-c2ncccn2)c(Cl)cc1Cl. The molecule has 146 valence electrons. The molecule has 2 aromatic rings. The number of aromatic nitrogens is 2. The lowest BCUT2D eigenvalue weighted by Crippen LogP contribution is -2.03. The van der Waals surface area contributed by atoms with Crippen molar-refractivity contribution in [3.8, 4) is 11.4 Å². The Morgan fingerprint density at radius 3 is 2.04 bits per heavy atom. The molecular weight excluding hydrogens is 391 g/mol. The second kappa shape index (κ2) is 12.3. The molecule has 0 radical (unpaired) electrons. The van der Waals surface area contributed by atoms with E-state index in [9.17, 15) is 0 Å². The summed E-state index contributed by atoms with van der Waals surface area (Å²) in [6.45, 7) is 7.76. The molecule has 0 bridgehead atoms. The van der Waals surface area contributed by atoms with E-state index in [1.807, 2.05) is 0 Å². The van der Waals surface area contributed by atoms with Crippen LogP contribution in [0, 0.1) is 0 Å². The predicted octanol–water partition coefficient (Wildman–Crippen LogP) is 4.27. The molecule has 0 saturated carbocycles. The summed E-state index contributed by atoms with van der Waals surface area (Å²) in [7, 11) is 3.10. The van der Waals surface area contributed by atoms with E-state index in [2.05, 4.69) is 23.1 Å². The van der Waals surface area contributed by atoms with Crippen LogP contribution in [-0.4, -0.2) is 42.5 Å². The predicted molar refractivity (Wildman–Crippen MR) is 107 cm³/mol. The van der Waals surface area contributed by atoms with Crippen molar-refractivity contribution in [1.29, 1.82) is 0 Å². The van der Waals surface area contributed by atoms with Crippen molar-refractivity contribution in [2.24, 2.45) is 0 Å². The number of methoxy groups -OCH3 is 2. The number of benzene rings is 1. The highest BCUT2D eigenvalue weighted by Gasteiger charge is 2.10. The van der Waals surface area contributed by atoms with Crippen LogP contribution in [0.3, 0.4) is 0 Å². The van der Waals surface area contributed by atoms with Crippen molar-refractivity contribution < 1.29 is 19.3 Å². The summed E-state index contributed by atoms with van der Waals surface area (Å²) in [5.74, 6) is 1.70. The summed E-state index contributed by atoms with van der Waals surface area (Å²) in [5, 5.41) is 10.0. The van der Waals surface area contributed by atoms with Crippen molar-refractivity contribution in [2.75, 3.05) is 27.4 Å². The highest BCUT2D eigenvalue weighted by molar-refractivity contribution is 6.36. The fourth-order valence-corrected chi connectivity index (χ4v) is 2.25. The Morgan fingerprint density at radius 1 is 1.00 bits per heavy atom. The Bertz CT molecular complexity index is 739. The van der Waals surface area contributed by atoms with E-state index in [-0.39, 0.29) is 6.61 Å². The van der Waals surface area contributed by atoms with E-state index < -0.39 is 0 Å². The van der Waals surface area contributed by atoms with Gasteiger partial charge in [0.15, 0.2) is 5.82 Å². The van der Waals surface area contributed by atoms with Crippen molar-refractivity contribution >= 4 is 23.2 Å². The van der Waals surface area contributed by atoms with Crippen LogP contribution >= 0.6 is 23.2 Å². The molecule has 2 rings (SSSR count). The van der Waals surface area contributed by atoms with E-state index in [1.54, 1.807) is 44.8 Å². The zero-order valence-corrected chi connectivity index (χ0v) is 16.8. The number of aliphatic hydroxyl groups is 1. The Kier molecular flexibility index (Phi) is 10.4. The molecule has 0 aliphatic heterocycles. The van der Waals surface area contributed by atoms with Gasteiger partial charge < -0.3 is 19.3 Å². The first-order valence-electron chi connectivity index (χ1n) is 7.80. The van der Waals surface area contributed by atoms with Crippen LogP contribution in [-0.2, 0) is 20.8 Å². The fraction of sp³-hybridized carbons (Fsp3) is 0.263. The average molecular weight is 413 g/mol. The lowest BCUT2D eigenvalue weighted by molar-refractivity contribution is 0.102. The van der Waals surface area contributed by atoms with Crippen LogP contribution in [0.1, 0.15) is 5.56 Å². The second-order valence-corrected chi connectivity index (χ2v) is 5.95. The van der Waals surface area contributed by atoms with Gasteiger partial charge in [-0.25, -0.2) is 9.97 Å². The van der Waals surface area contributed by atoms with Gasteiger partial charge in [0.05, 0.1) is 25.8 Å². The summed E-state index contributed by atoms with van der Waals surface area (Å²) < 4.78 is 14.6. The maximum atomic E-state index is 9.11. The van der Waals surface area contributed by atoms with Crippen LogP contribution < -0.4 is 0 Å². The molecular formula is C19H22Cl2N2O4. The molecule has 6 nitrogen and oxygen atoms in total. The standard InChI is InChI=1S/C11H8Cl2N2O.C8H14O3/c12-9-5-10(13)8(4-7(9)6-16)11-14-2-1-3-15-11;1-7(9-3)5-11-6-8(2)10-4/h1-5,16H,6H2;1-2,5-6H2,3-4H3. The first-order chi connectivity index (χ1) is 12.9. The number of ether oxygens (including phenoxy) is 3. The lowest BCUT2D eigenvalue weighted by Gasteiger charge is -2.06. The molecule has 0 aliphatic rings. The van der Waals surface area contributed by atoms with Crippen LogP contribution in [0.5, 0.6) is 0 Å². The number of nitrogens with zero attached hydrogens (tertiary/aromatic N) is 2. The van der Waals surface area contributed by atoms with E-state index in [0.717, 1.165) is 0 Å². The minimum Gasteiger partial charge on any atom is -0.499 e. The van der Waals surface area contributed by atoms with E-state index >= 15 is 0 Å². The minimum absolute atomic E-state index is 0.143. The molecule has 0 spiro atoms. The van der Waals surface area contributed by atoms with Gasteiger partial charge in [-0.05, 0) is 23.8 Å². The van der Waals surface area contributed by atoms with Crippen molar-refractivity contribution in [3.05, 3.63) is 70.9 Å². The minimum atomic E-state index is -0.143. The second-order valence-electron chi connectivity index (χ2n) is 5.13. The first kappa shape index (κ1) is 22.9. The third kappa shape index (κ3) is 7.97. The third-order valence-corrected chi connectivity index (χ3v) is 3.88. The molecule has 0 aliphatic carbocycles. The number of hydrogen-bond acceptors (Lipinski definition) is 6. The summed E-state index contributed by atoms with van der Waals surface area (Å²) in [4.78, 5) is 8.19. The number of halogens is 2. The molecule has 0 amide bonds. The average Bonchev–Trinajstić information content (AvgIpc) is 2.69. The highest BCUT2D eigenvalue weighted by Crippen LogP contribution is 2.30. The molecule has 0 saturated heterocycles. The van der Waals surface area contributed by atoms with Crippen LogP contribution in [0.2, 0.25) is 10.0 Å². The Labute approximate surface area is 169 Å². The van der Waals surface area contributed by atoms with Crippen LogP contribution in [0.15, 0.2) is 55.3 Å². The van der Waals surface area contributed by atoms with Gasteiger partial charge in [0.1, 0.15) is 24.7 Å². The van der Waals surface area contributed by atoms with Crippen LogP contribution in [0.4, 0.5) is 0 Å².